The van der Waals surface area contributed by atoms with Crippen molar-refractivity contribution in [3.8, 4) is 22.9 Å². The van der Waals surface area contributed by atoms with Crippen LogP contribution in [-0.4, -0.2) is 22.1 Å². The largest absolute Gasteiger partial charge is 0.497 e. The third-order valence-electron chi connectivity index (χ3n) is 4.70. The zero-order valence-corrected chi connectivity index (χ0v) is 16.5. The van der Waals surface area contributed by atoms with Gasteiger partial charge in [0, 0.05) is 34.3 Å². The summed E-state index contributed by atoms with van der Waals surface area (Å²) < 4.78 is 12.5. The predicted octanol–water partition coefficient (Wildman–Crippen LogP) is 5.49. The fourth-order valence-corrected chi connectivity index (χ4v) is 4.09. The van der Waals surface area contributed by atoms with Gasteiger partial charge in [-0.05, 0) is 36.4 Å². The molecule has 0 aliphatic heterocycles. The lowest BCUT2D eigenvalue weighted by Crippen LogP contribution is -1.97. The molecule has 0 atom stereocenters. The molecule has 0 fully saturated rings. The Morgan fingerprint density at radius 2 is 1.93 bits per heavy atom. The Morgan fingerprint density at radius 3 is 2.86 bits per heavy atom. The van der Waals surface area contributed by atoms with Crippen LogP contribution in [0.3, 0.4) is 0 Å². The molecule has 3 heterocycles. The highest BCUT2D eigenvalue weighted by atomic mass is 32.1. The maximum atomic E-state index is 6.14. The van der Waals surface area contributed by atoms with E-state index >= 15 is 0 Å². The third-order valence-corrected chi connectivity index (χ3v) is 5.66. The van der Waals surface area contributed by atoms with Gasteiger partial charge in [0.05, 0.1) is 22.8 Å². The highest BCUT2D eigenvalue weighted by molar-refractivity contribution is 7.17. The zero-order chi connectivity index (χ0) is 19.6. The Bertz CT molecular complexity index is 1310. The van der Waals surface area contributed by atoms with E-state index in [1.807, 2.05) is 60.8 Å². The monoisotopic (exact) mass is 399 g/mol. The van der Waals surface area contributed by atoms with Crippen LogP contribution in [0.2, 0.25) is 0 Å². The molecule has 29 heavy (non-hydrogen) atoms. The molecule has 0 amide bonds. The molecule has 0 spiro atoms. The van der Waals surface area contributed by atoms with Crippen LogP contribution < -0.4 is 9.47 Å². The van der Waals surface area contributed by atoms with Crippen LogP contribution in [0.4, 0.5) is 0 Å². The molecule has 2 aromatic carbocycles. The van der Waals surface area contributed by atoms with E-state index in [1.54, 1.807) is 24.6 Å². The first kappa shape index (κ1) is 17.6. The Labute approximate surface area is 171 Å². The zero-order valence-electron chi connectivity index (χ0n) is 15.7. The van der Waals surface area contributed by atoms with E-state index in [1.165, 1.54) is 0 Å². The van der Waals surface area contributed by atoms with Gasteiger partial charge in [-0.1, -0.05) is 18.2 Å². The lowest BCUT2D eigenvalue weighted by atomic mass is 10.2. The molecule has 3 aromatic heterocycles. The van der Waals surface area contributed by atoms with Gasteiger partial charge < -0.3 is 9.47 Å². The van der Waals surface area contributed by atoms with Gasteiger partial charge in [-0.25, -0.2) is 9.97 Å². The van der Waals surface area contributed by atoms with E-state index in [2.05, 4.69) is 15.3 Å². The van der Waals surface area contributed by atoms with Gasteiger partial charge in [0.25, 0.3) is 0 Å². The van der Waals surface area contributed by atoms with E-state index < -0.39 is 0 Å². The Balaban J connectivity index is 1.47. The van der Waals surface area contributed by atoms with Gasteiger partial charge in [0.1, 0.15) is 18.1 Å². The maximum Gasteiger partial charge on any atom is 0.159 e. The van der Waals surface area contributed by atoms with Crippen LogP contribution in [-0.2, 0) is 6.61 Å². The van der Waals surface area contributed by atoms with Crippen molar-refractivity contribution in [2.24, 2.45) is 0 Å². The van der Waals surface area contributed by atoms with Crippen LogP contribution >= 0.6 is 11.3 Å². The first-order chi connectivity index (χ1) is 14.3. The first-order valence-electron chi connectivity index (χ1n) is 9.16. The van der Waals surface area contributed by atoms with Crippen molar-refractivity contribution in [2.45, 2.75) is 6.61 Å². The second kappa shape index (κ2) is 7.48. The van der Waals surface area contributed by atoms with Crippen molar-refractivity contribution < 1.29 is 9.47 Å². The molecule has 0 unspecified atom stereocenters. The van der Waals surface area contributed by atoms with E-state index in [9.17, 15) is 0 Å². The molecule has 142 valence electrons. The van der Waals surface area contributed by atoms with Crippen molar-refractivity contribution in [3.63, 3.8) is 0 Å². The van der Waals surface area contributed by atoms with E-state index in [4.69, 9.17) is 14.5 Å². The summed E-state index contributed by atoms with van der Waals surface area (Å²) in [6.07, 6.45) is 3.66. The molecule has 5 nitrogen and oxygen atoms in total. The molecule has 5 aromatic rings. The molecular weight excluding hydrogens is 382 g/mol. The second-order valence-electron chi connectivity index (χ2n) is 6.51. The van der Waals surface area contributed by atoms with E-state index in [0.29, 0.717) is 12.4 Å². The van der Waals surface area contributed by atoms with Crippen LogP contribution in [0.15, 0.2) is 72.4 Å². The van der Waals surface area contributed by atoms with Crippen molar-refractivity contribution in [1.82, 2.24) is 15.0 Å². The molecule has 0 saturated heterocycles. The summed E-state index contributed by atoms with van der Waals surface area (Å²) >= 11 is 1.62. The van der Waals surface area contributed by atoms with Gasteiger partial charge in [0.15, 0.2) is 5.82 Å². The fourth-order valence-electron chi connectivity index (χ4n) is 3.24. The van der Waals surface area contributed by atoms with Crippen molar-refractivity contribution >= 4 is 32.5 Å². The highest BCUT2D eigenvalue weighted by Gasteiger charge is 2.11. The Kier molecular flexibility index (Phi) is 4.54. The highest BCUT2D eigenvalue weighted by Crippen LogP contribution is 2.30. The summed E-state index contributed by atoms with van der Waals surface area (Å²) in [4.78, 5) is 13.7. The lowest BCUT2D eigenvalue weighted by Gasteiger charge is -2.08. The number of pyridine rings is 1. The Hall–Kier alpha value is -3.51. The van der Waals surface area contributed by atoms with Crippen LogP contribution in [0.5, 0.6) is 11.5 Å². The summed E-state index contributed by atoms with van der Waals surface area (Å²) in [5.41, 5.74) is 3.80. The number of benzene rings is 2. The molecular formula is C23H17N3O2S. The minimum absolute atomic E-state index is 0.433. The van der Waals surface area contributed by atoms with Crippen molar-refractivity contribution in [1.29, 1.82) is 0 Å². The number of methoxy groups -OCH3 is 1. The molecule has 0 bridgehead atoms. The van der Waals surface area contributed by atoms with Gasteiger partial charge in [-0.15, -0.1) is 11.3 Å². The summed E-state index contributed by atoms with van der Waals surface area (Å²) in [7, 11) is 1.65. The van der Waals surface area contributed by atoms with Crippen LogP contribution in [0.25, 0.3) is 32.5 Å². The number of ether oxygens (including phenoxy) is 2. The quantitative estimate of drug-likeness (QED) is 0.391. The summed E-state index contributed by atoms with van der Waals surface area (Å²) in [5.74, 6) is 2.27. The lowest BCUT2D eigenvalue weighted by molar-refractivity contribution is 0.311. The second-order valence-corrected chi connectivity index (χ2v) is 7.43. The van der Waals surface area contributed by atoms with Crippen molar-refractivity contribution in [3.05, 3.63) is 77.9 Å². The number of aromatic nitrogens is 3. The first-order valence-corrected chi connectivity index (χ1v) is 10.0. The number of fused-ring (bicyclic) bond motifs is 2. The van der Waals surface area contributed by atoms with Gasteiger partial charge >= 0.3 is 0 Å². The topological polar surface area (TPSA) is 57.1 Å². The summed E-state index contributed by atoms with van der Waals surface area (Å²) in [6, 6.07) is 17.6. The number of rotatable bonds is 5. The smallest absolute Gasteiger partial charge is 0.159 e. The molecule has 0 aliphatic carbocycles. The molecule has 5 rings (SSSR count). The van der Waals surface area contributed by atoms with Crippen LogP contribution in [0, 0.1) is 0 Å². The average Bonchev–Trinajstić information content (AvgIpc) is 3.20. The summed E-state index contributed by atoms with van der Waals surface area (Å²) in [6.45, 7) is 0.433. The molecule has 0 N–H and O–H groups in total. The number of hydrogen-bond acceptors (Lipinski definition) is 6. The van der Waals surface area contributed by atoms with Gasteiger partial charge in [0.2, 0.25) is 0 Å². The molecule has 0 radical (unpaired) electrons. The average molecular weight is 399 g/mol. The maximum absolute atomic E-state index is 6.14. The minimum atomic E-state index is 0.433. The van der Waals surface area contributed by atoms with Crippen LogP contribution in [0.1, 0.15) is 5.56 Å². The van der Waals surface area contributed by atoms with E-state index in [0.717, 1.165) is 43.7 Å². The predicted molar refractivity (Wildman–Crippen MR) is 115 cm³/mol. The van der Waals surface area contributed by atoms with Gasteiger partial charge in [-0.3, -0.25) is 4.98 Å². The number of thiophene rings is 1. The summed E-state index contributed by atoms with van der Waals surface area (Å²) in [5, 5.41) is 3.08. The molecule has 0 saturated carbocycles. The Morgan fingerprint density at radius 1 is 1.00 bits per heavy atom. The normalized spacial score (nSPS) is 11.1. The minimum Gasteiger partial charge on any atom is -0.497 e. The third kappa shape index (κ3) is 3.39. The fraction of sp³-hybridized carbons (Fsp3) is 0.0870. The van der Waals surface area contributed by atoms with E-state index in [-0.39, 0.29) is 0 Å². The van der Waals surface area contributed by atoms with Crippen molar-refractivity contribution in [2.75, 3.05) is 7.11 Å². The number of hydrogen-bond donors (Lipinski definition) is 0. The molecule has 0 aliphatic rings. The standard InChI is InChI=1S/C23H17N3O2S/c1-27-17-6-2-5-15(11-17)23-25-12-21-22(26-23)16(14-29-21)13-28-20-9-3-8-19-18(20)7-4-10-24-19/h2-12,14H,13H2,1H3. The SMILES string of the molecule is COc1cccc(-c2ncc3scc(COc4cccc5ncccc45)c3n2)c1. The number of nitrogens with zero attached hydrogens (tertiary/aromatic N) is 3. The molecule has 6 heteroatoms. The van der Waals surface area contributed by atoms with Gasteiger partial charge in [-0.2, -0.15) is 0 Å².